The number of nitrogens with zero attached hydrogens (tertiary/aromatic N) is 3. The van der Waals surface area contributed by atoms with Gasteiger partial charge in [-0.2, -0.15) is 5.26 Å². The number of ether oxygens (including phenoxy) is 1. The van der Waals surface area contributed by atoms with Crippen molar-refractivity contribution in [2.75, 3.05) is 5.32 Å². The monoisotopic (exact) mass is 370 g/mol. The Labute approximate surface area is 163 Å². The number of hydrogen-bond donors (Lipinski definition) is 1. The first-order valence-electron chi connectivity index (χ1n) is 8.62. The highest BCUT2D eigenvalue weighted by Crippen LogP contribution is 2.21. The summed E-state index contributed by atoms with van der Waals surface area (Å²) >= 11 is 0. The van der Waals surface area contributed by atoms with E-state index in [1.54, 1.807) is 30.3 Å². The van der Waals surface area contributed by atoms with Crippen molar-refractivity contribution in [3.05, 3.63) is 83.2 Å². The normalized spacial score (nSPS) is 10.8. The Morgan fingerprint density at radius 3 is 2.29 bits per heavy atom. The molecule has 0 saturated heterocycles. The molecule has 0 aliphatic rings. The number of nitrogens with one attached hydrogen (secondary N) is 1. The third-order valence-electron chi connectivity index (χ3n) is 3.76. The summed E-state index contributed by atoms with van der Waals surface area (Å²) in [5.74, 6) is 0.0704. The van der Waals surface area contributed by atoms with Crippen LogP contribution in [0.2, 0.25) is 0 Å². The molecule has 3 rings (SSSR count). The highest BCUT2D eigenvalue weighted by Gasteiger charge is 2.10. The van der Waals surface area contributed by atoms with Crippen molar-refractivity contribution in [2.24, 2.45) is 0 Å². The predicted octanol–water partition coefficient (Wildman–Crippen LogP) is 4.43. The van der Waals surface area contributed by atoms with Crippen LogP contribution in [-0.2, 0) is 4.79 Å². The zero-order valence-electron chi connectivity index (χ0n) is 15.5. The summed E-state index contributed by atoms with van der Waals surface area (Å²) in [6.07, 6.45) is 1.55. The zero-order valence-corrected chi connectivity index (χ0v) is 15.5. The summed E-state index contributed by atoms with van der Waals surface area (Å²) in [7, 11) is 0. The van der Waals surface area contributed by atoms with Crippen molar-refractivity contribution >= 4 is 17.7 Å². The van der Waals surface area contributed by atoms with Gasteiger partial charge in [0.25, 0.3) is 5.91 Å². The van der Waals surface area contributed by atoms with Crippen LogP contribution in [0.5, 0.6) is 11.8 Å². The Kier molecular flexibility index (Phi) is 5.78. The van der Waals surface area contributed by atoms with Crippen molar-refractivity contribution in [2.45, 2.75) is 13.8 Å². The van der Waals surface area contributed by atoms with E-state index in [1.165, 1.54) is 0 Å². The fourth-order valence-corrected chi connectivity index (χ4v) is 2.51. The Hall–Kier alpha value is -3.98. The van der Waals surface area contributed by atoms with E-state index in [9.17, 15) is 10.1 Å². The number of benzene rings is 2. The van der Waals surface area contributed by atoms with E-state index in [0.717, 1.165) is 17.0 Å². The first-order valence-corrected chi connectivity index (χ1v) is 8.62. The maximum atomic E-state index is 12.3. The van der Waals surface area contributed by atoms with E-state index in [0.29, 0.717) is 11.4 Å². The lowest BCUT2D eigenvalue weighted by Gasteiger charge is -2.08. The van der Waals surface area contributed by atoms with Crippen molar-refractivity contribution < 1.29 is 9.53 Å². The molecule has 6 heteroatoms. The van der Waals surface area contributed by atoms with Crippen LogP contribution in [0.25, 0.3) is 6.08 Å². The van der Waals surface area contributed by atoms with Crippen LogP contribution in [0.3, 0.4) is 0 Å². The van der Waals surface area contributed by atoms with Gasteiger partial charge in [-0.15, -0.1) is 0 Å². The first kappa shape index (κ1) is 18.8. The van der Waals surface area contributed by atoms with Gasteiger partial charge in [-0.25, -0.2) is 9.97 Å². The topological polar surface area (TPSA) is 87.9 Å². The molecular weight excluding hydrogens is 352 g/mol. The second-order valence-electron chi connectivity index (χ2n) is 6.09. The quantitative estimate of drug-likeness (QED) is 0.530. The highest BCUT2D eigenvalue weighted by atomic mass is 16.5. The number of amides is 1. The summed E-state index contributed by atoms with van der Waals surface area (Å²) in [4.78, 5) is 20.8. The van der Waals surface area contributed by atoms with E-state index in [4.69, 9.17) is 4.74 Å². The number of carbonyl (C=O) groups is 1. The van der Waals surface area contributed by atoms with Crippen LogP contribution in [-0.4, -0.2) is 15.9 Å². The summed E-state index contributed by atoms with van der Waals surface area (Å²) in [6, 6.07) is 20.0. The largest absolute Gasteiger partial charge is 0.424 e. The number of hydrogen-bond acceptors (Lipinski definition) is 5. The van der Waals surface area contributed by atoms with Gasteiger partial charge in [-0.05, 0) is 55.8 Å². The molecule has 0 unspecified atom stereocenters. The van der Waals surface area contributed by atoms with Crippen LogP contribution in [0.15, 0.2) is 66.2 Å². The maximum Gasteiger partial charge on any atom is 0.322 e. The Morgan fingerprint density at radius 2 is 1.68 bits per heavy atom. The number of carbonyl (C=O) groups excluding carboxylic acids is 1. The van der Waals surface area contributed by atoms with Crippen LogP contribution in [0.1, 0.15) is 17.0 Å². The molecule has 1 amide bonds. The molecule has 0 fully saturated rings. The molecule has 0 atom stereocenters. The smallest absolute Gasteiger partial charge is 0.322 e. The highest BCUT2D eigenvalue weighted by molar-refractivity contribution is 6.09. The van der Waals surface area contributed by atoms with Crippen molar-refractivity contribution in [1.29, 1.82) is 5.26 Å². The summed E-state index contributed by atoms with van der Waals surface area (Å²) in [6.45, 7) is 3.74. The molecule has 28 heavy (non-hydrogen) atoms. The fourth-order valence-electron chi connectivity index (χ4n) is 2.51. The van der Waals surface area contributed by atoms with Gasteiger partial charge in [-0.1, -0.05) is 30.3 Å². The molecule has 0 spiro atoms. The summed E-state index contributed by atoms with van der Waals surface area (Å²) in [5.41, 5.74) is 3.00. The van der Waals surface area contributed by atoms with Crippen LogP contribution < -0.4 is 10.1 Å². The second kappa shape index (κ2) is 8.60. The Morgan fingerprint density at radius 1 is 1.04 bits per heavy atom. The minimum atomic E-state index is -0.474. The van der Waals surface area contributed by atoms with Crippen molar-refractivity contribution in [3.63, 3.8) is 0 Å². The zero-order chi connectivity index (χ0) is 19.9. The minimum Gasteiger partial charge on any atom is -0.424 e. The van der Waals surface area contributed by atoms with Gasteiger partial charge < -0.3 is 10.1 Å². The molecule has 0 saturated carbocycles. The molecule has 0 radical (unpaired) electrons. The predicted molar refractivity (Wildman–Crippen MR) is 107 cm³/mol. The Balaban J connectivity index is 1.69. The SMILES string of the molecule is Cc1cc(C)nc(Oc2ccc(NC(=O)/C(C#N)=C/c3ccccc3)cc2)n1. The van der Waals surface area contributed by atoms with E-state index < -0.39 is 5.91 Å². The fraction of sp³-hybridized carbons (Fsp3) is 0.0909. The lowest BCUT2D eigenvalue weighted by atomic mass is 10.1. The molecule has 6 nitrogen and oxygen atoms in total. The third-order valence-corrected chi connectivity index (χ3v) is 3.76. The third kappa shape index (κ3) is 5.02. The molecule has 1 heterocycles. The molecule has 1 aromatic heterocycles. The molecule has 0 aliphatic carbocycles. The number of rotatable bonds is 5. The maximum absolute atomic E-state index is 12.3. The van der Waals surface area contributed by atoms with Crippen molar-refractivity contribution in [1.82, 2.24) is 9.97 Å². The first-order chi connectivity index (χ1) is 13.5. The molecule has 138 valence electrons. The summed E-state index contributed by atoms with van der Waals surface area (Å²) in [5, 5.41) is 12.0. The molecule has 3 aromatic rings. The lowest BCUT2D eigenvalue weighted by Crippen LogP contribution is -2.13. The molecule has 1 N–H and O–H groups in total. The van der Waals surface area contributed by atoms with Gasteiger partial charge in [0.15, 0.2) is 0 Å². The van der Waals surface area contributed by atoms with E-state index in [1.807, 2.05) is 56.3 Å². The molecular formula is C22H18N4O2. The lowest BCUT2D eigenvalue weighted by molar-refractivity contribution is -0.112. The number of aromatic nitrogens is 2. The van der Waals surface area contributed by atoms with Gasteiger partial charge in [0.2, 0.25) is 0 Å². The number of nitriles is 1. The standard InChI is InChI=1S/C22H18N4O2/c1-15-12-16(2)25-22(24-15)28-20-10-8-19(9-11-20)26-21(27)18(14-23)13-17-6-4-3-5-7-17/h3-13H,1-2H3,(H,26,27)/b18-13+. The van der Waals surface area contributed by atoms with E-state index >= 15 is 0 Å². The van der Waals surface area contributed by atoms with Gasteiger partial charge in [0.05, 0.1) is 0 Å². The molecule has 0 aliphatic heterocycles. The van der Waals surface area contributed by atoms with E-state index in [-0.39, 0.29) is 11.6 Å². The number of aryl methyl sites for hydroxylation is 2. The van der Waals surface area contributed by atoms with Crippen LogP contribution in [0.4, 0.5) is 5.69 Å². The average molecular weight is 370 g/mol. The molecule has 0 bridgehead atoms. The average Bonchev–Trinajstić information content (AvgIpc) is 2.67. The van der Waals surface area contributed by atoms with Gasteiger partial charge >= 0.3 is 6.01 Å². The van der Waals surface area contributed by atoms with Gasteiger partial charge in [0, 0.05) is 17.1 Å². The number of anilines is 1. The van der Waals surface area contributed by atoms with Gasteiger partial charge in [-0.3, -0.25) is 4.79 Å². The van der Waals surface area contributed by atoms with Crippen LogP contribution in [0, 0.1) is 25.2 Å². The molecule has 2 aromatic carbocycles. The minimum absolute atomic E-state index is 0.0233. The van der Waals surface area contributed by atoms with Crippen molar-refractivity contribution in [3.8, 4) is 17.8 Å². The summed E-state index contributed by atoms with van der Waals surface area (Å²) < 4.78 is 5.65. The second-order valence-corrected chi connectivity index (χ2v) is 6.09. The van der Waals surface area contributed by atoms with E-state index in [2.05, 4.69) is 15.3 Å². The Bertz CT molecular complexity index is 1030. The van der Waals surface area contributed by atoms with Gasteiger partial charge in [0.1, 0.15) is 17.4 Å². The van der Waals surface area contributed by atoms with Crippen LogP contribution >= 0.6 is 0 Å².